The van der Waals surface area contributed by atoms with Crippen LogP contribution in [0.1, 0.15) is 71.3 Å². The van der Waals surface area contributed by atoms with Crippen LogP contribution in [0.3, 0.4) is 0 Å². The van der Waals surface area contributed by atoms with E-state index in [0.717, 1.165) is 62.7 Å². The van der Waals surface area contributed by atoms with Crippen molar-refractivity contribution in [2.45, 2.75) is 87.4 Å². The minimum absolute atomic E-state index is 0.0224. The fourth-order valence-electron chi connectivity index (χ4n) is 8.60. The average Bonchev–Trinajstić information content (AvgIpc) is 2.84. The summed E-state index contributed by atoms with van der Waals surface area (Å²) in [5.41, 5.74) is 4.43. The van der Waals surface area contributed by atoms with Crippen LogP contribution in [-0.2, 0) is 24.7 Å². The molecule has 1 aromatic heterocycles. The standard InChI is InChI=1S/C29H35N3O4/c1-31-8-7-29-15-25-17(10-24(29)26(31)11-16-5-6-20(33)14-23(16)29)9-22(27(35)30-25)28(36)32-18-3-2-4-19(32)13-21(34)12-18/h5-6,9,14,18-19,21,24,26,33-34H,2-4,7-8,10-13,15H2,1H3,(H,30,35)/t18-,19+,21?,24-,26+,29+/m0/s1. The zero-order valence-corrected chi connectivity index (χ0v) is 20.9. The zero-order valence-electron chi connectivity index (χ0n) is 20.9. The number of carbonyl (C=O) groups excluding carboxylic acids is 1. The summed E-state index contributed by atoms with van der Waals surface area (Å²) in [7, 11) is 2.21. The lowest BCUT2D eigenvalue weighted by Crippen LogP contribution is -2.62. The summed E-state index contributed by atoms with van der Waals surface area (Å²) in [5.74, 6) is 0.505. The van der Waals surface area contributed by atoms with Crippen molar-refractivity contribution in [2.24, 2.45) is 5.92 Å². The Bertz CT molecular complexity index is 1290. The van der Waals surface area contributed by atoms with E-state index < -0.39 is 0 Å². The number of benzene rings is 1. The molecule has 6 atom stereocenters. The van der Waals surface area contributed by atoms with E-state index >= 15 is 0 Å². The number of carbonyl (C=O) groups is 1. The lowest BCUT2D eigenvalue weighted by atomic mass is 9.52. The zero-order chi connectivity index (χ0) is 24.8. The van der Waals surface area contributed by atoms with Crippen LogP contribution < -0.4 is 5.56 Å². The second-order valence-electron chi connectivity index (χ2n) is 12.1. The number of rotatable bonds is 1. The van der Waals surface area contributed by atoms with Gasteiger partial charge in [0.2, 0.25) is 0 Å². The van der Waals surface area contributed by atoms with Gasteiger partial charge in [0.15, 0.2) is 0 Å². The SMILES string of the molecule is CN1CC[C@]23Cc4[nH]c(=O)c(C(=O)N5[C@@H]6CCC[C@H]5CC(O)C6)cc4C[C@H]2[C@H]1Cc1ccc(O)cc13. The van der Waals surface area contributed by atoms with Gasteiger partial charge in [-0.3, -0.25) is 9.59 Å². The van der Waals surface area contributed by atoms with Crippen molar-refractivity contribution in [3.63, 3.8) is 0 Å². The topological polar surface area (TPSA) is 96.9 Å². The number of hydrogen-bond donors (Lipinski definition) is 3. The maximum atomic E-state index is 13.7. The molecule has 2 aliphatic carbocycles. The molecule has 7 rings (SSSR count). The molecular formula is C29H35N3O4. The van der Waals surface area contributed by atoms with Gasteiger partial charge in [-0.15, -0.1) is 0 Å². The van der Waals surface area contributed by atoms with E-state index in [4.69, 9.17) is 0 Å². The Hall–Kier alpha value is -2.64. The van der Waals surface area contributed by atoms with E-state index in [1.807, 2.05) is 17.0 Å². The average molecular weight is 490 g/mol. The summed E-state index contributed by atoms with van der Waals surface area (Å²) in [6, 6.07) is 8.14. The molecule has 2 aromatic rings. The summed E-state index contributed by atoms with van der Waals surface area (Å²) in [6.45, 7) is 0.996. The molecule has 3 fully saturated rings. The number of nitrogens with one attached hydrogen (secondary N) is 1. The smallest absolute Gasteiger partial charge is 0.261 e. The monoisotopic (exact) mass is 489 g/mol. The van der Waals surface area contributed by atoms with E-state index in [0.29, 0.717) is 30.6 Å². The number of likely N-dealkylation sites (tertiary alicyclic amines) is 1. The van der Waals surface area contributed by atoms with Crippen molar-refractivity contribution in [1.29, 1.82) is 0 Å². The number of pyridine rings is 1. The Labute approximate surface area is 211 Å². The number of aromatic nitrogens is 1. The van der Waals surface area contributed by atoms with Gasteiger partial charge in [0, 0.05) is 29.2 Å². The number of phenols is 1. The van der Waals surface area contributed by atoms with E-state index in [-0.39, 0.29) is 40.6 Å². The third-order valence-corrected chi connectivity index (χ3v) is 10.3. The number of likely N-dealkylation sites (N-methyl/N-ethyl adjacent to an activating group) is 1. The van der Waals surface area contributed by atoms with Gasteiger partial charge in [-0.2, -0.15) is 0 Å². The van der Waals surface area contributed by atoms with Gasteiger partial charge in [0.05, 0.1) is 6.10 Å². The van der Waals surface area contributed by atoms with Crippen LogP contribution in [0, 0.1) is 5.92 Å². The number of phenolic OH excluding ortho intramolecular Hbond substituents is 1. The molecule has 5 aliphatic rings. The Morgan fingerprint density at radius 2 is 1.89 bits per heavy atom. The first-order valence-electron chi connectivity index (χ1n) is 13.6. The molecule has 0 spiro atoms. The number of amides is 1. The number of H-pyrrole nitrogens is 1. The number of hydrogen-bond acceptors (Lipinski definition) is 5. The molecule has 0 radical (unpaired) electrons. The van der Waals surface area contributed by atoms with Crippen LogP contribution in [0.4, 0.5) is 0 Å². The fourth-order valence-corrected chi connectivity index (χ4v) is 8.60. The Morgan fingerprint density at radius 1 is 1.11 bits per heavy atom. The second-order valence-corrected chi connectivity index (χ2v) is 12.1. The number of aliphatic hydroxyl groups is 1. The number of piperidine rings is 3. The first-order chi connectivity index (χ1) is 17.3. The predicted octanol–water partition coefficient (Wildman–Crippen LogP) is 2.51. The molecular weight excluding hydrogens is 454 g/mol. The summed E-state index contributed by atoms with van der Waals surface area (Å²) >= 11 is 0. The lowest BCUT2D eigenvalue weighted by molar-refractivity contribution is -0.0152. The van der Waals surface area contributed by atoms with Crippen molar-refractivity contribution < 1.29 is 15.0 Å². The maximum Gasteiger partial charge on any atom is 0.261 e. The number of aromatic hydroxyl groups is 1. The molecule has 36 heavy (non-hydrogen) atoms. The van der Waals surface area contributed by atoms with E-state index in [2.05, 4.69) is 23.0 Å². The van der Waals surface area contributed by atoms with E-state index in [9.17, 15) is 19.8 Å². The van der Waals surface area contributed by atoms with Crippen LogP contribution in [0.15, 0.2) is 29.1 Å². The highest BCUT2D eigenvalue weighted by Gasteiger charge is 2.55. The molecule has 3 aliphatic heterocycles. The van der Waals surface area contributed by atoms with E-state index in [1.54, 1.807) is 6.07 Å². The molecule has 1 amide bonds. The third kappa shape index (κ3) is 3.18. The Morgan fingerprint density at radius 3 is 2.67 bits per heavy atom. The van der Waals surface area contributed by atoms with Gasteiger partial charge in [0.25, 0.3) is 11.5 Å². The quantitative estimate of drug-likeness (QED) is 0.572. The summed E-state index contributed by atoms with van der Waals surface area (Å²) < 4.78 is 0. The van der Waals surface area contributed by atoms with Gasteiger partial charge in [-0.1, -0.05) is 6.07 Å². The van der Waals surface area contributed by atoms with E-state index in [1.165, 1.54) is 11.1 Å². The van der Waals surface area contributed by atoms with Crippen molar-refractivity contribution in [3.8, 4) is 5.75 Å². The highest BCUT2D eigenvalue weighted by Crippen LogP contribution is 2.54. The highest BCUT2D eigenvalue weighted by molar-refractivity contribution is 5.94. The van der Waals surface area contributed by atoms with Crippen molar-refractivity contribution >= 4 is 5.91 Å². The molecule has 190 valence electrons. The first kappa shape index (κ1) is 22.5. The van der Waals surface area contributed by atoms with Crippen molar-refractivity contribution in [1.82, 2.24) is 14.8 Å². The number of nitrogens with zero attached hydrogens (tertiary/aromatic N) is 2. The minimum atomic E-state index is -0.354. The molecule has 3 saturated heterocycles. The van der Waals surface area contributed by atoms with Crippen LogP contribution in [-0.4, -0.2) is 68.7 Å². The van der Waals surface area contributed by atoms with Gasteiger partial charge in [-0.25, -0.2) is 0 Å². The third-order valence-electron chi connectivity index (χ3n) is 10.3. The fraction of sp³-hybridized carbons (Fsp3) is 0.586. The van der Waals surface area contributed by atoms with Crippen LogP contribution in [0.5, 0.6) is 5.75 Å². The van der Waals surface area contributed by atoms with Crippen LogP contribution in [0.25, 0.3) is 0 Å². The molecule has 4 heterocycles. The highest BCUT2D eigenvalue weighted by atomic mass is 16.3. The number of aromatic amines is 1. The molecule has 3 N–H and O–H groups in total. The van der Waals surface area contributed by atoms with Crippen molar-refractivity contribution in [2.75, 3.05) is 13.6 Å². The summed E-state index contributed by atoms with van der Waals surface area (Å²) in [6.07, 6.45) is 7.23. The second kappa shape index (κ2) is 7.93. The Balaban J connectivity index is 1.29. The largest absolute Gasteiger partial charge is 0.508 e. The normalized spacial score (nSPS) is 34.9. The van der Waals surface area contributed by atoms with Gasteiger partial charge < -0.3 is 25.0 Å². The molecule has 7 nitrogen and oxygen atoms in total. The first-order valence-corrected chi connectivity index (χ1v) is 13.6. The number of aliphatic hydroxyl groups excluding tert-OH is 1. The molecule has 1 aromatic carbocycles. The number of fused-ring (bicyclic) bond motifs is 4. The Kier molecular flexibility index (Phi) is 4.97. The lowest BCUT2D eigenvalue weighted by Gasteiger charge is -2.58. The maximum absolute atomic E-state index is 13.7. The molecule has 0 saturated carbocycles. The molecule has 7 heteroatoms. The predicted molar refractivity (Wildman–Crippen MR) is 135 cm³/mol. The minimum Gasteiger partial charge on any atom is -0.508 e. The summed E-state index contributed by atoms with van der Waals surface area (Å²) in [4.78, 5) is 34.6. The van der Waals surface area contributed by atoms with Crippen molar-refractivity contribution in [3.05, 3.63) is 62.6 Å². The van der Waals surface area contributed by atoms with Crippen LogP contribution >= 0.6 is 0 Å². The summed E-state index contributed by atoms with van der Waals surface area (Å²) in [5, 5.41) is 20.6. The van der Waals surface area contributed by atoms with Crippen LogP contribution in [0.2, 0.25) is 0 Å². The molecule has 4 bridgehead atoms. The van der Waals surface area contributed by atoms with Gasteiger partial charge >= 0.3 is 0 Å². The van der Waals surface area contributed by atoms with Gasteiger partial charge in [-0.05, 0) is 112 Å². The molecule has 1 unspecified atom stereocenters. The van der Waals surface area contributed by atoms with Gasteiger partial charge in [0.1, 0.15) is 11.3 Å².